The van der Waals surface area contributed by atoms with E-state index in [4.69, 9.17) is 5.73 Å². The lowest BCUT2D eigenvalue weighted by atomic mass is 10.0. The highest BCUT2D eigenvalue weighted by atomic mass is 32.1. The summed E-state index contributed by atoms with van der Waals surface area (Å²) in [6, 6.07) is 4.71. The van der Waals surface area contributed by atoms with E-state index in [9.17, 15) is 5.11 Å². The molecule has 0 aromatic carbocycles. The predicted octanol–water partition coefficient (Wildman–Crippen LogP) is 2.93. The first-order valence-corrected chi connectivity index (χ1v) is 8.12. The number of hydrogen-bond donors (Lipinski definition) is 2. The number of thiophene rings is 1. The van der Waals surface area contributed by atoms with Gasteiger partial charge in [0.25, 0.3) is 0 Å². The van der Waals surface area contributed by atoms with Crippen LogP contribution < -0.4 is 5.73 Å². The molecule has 4 heteroatoms. The van der Waals surface area contributed by atoms with Crippen LogP contribution in [-0.2, 0) is 0 Å². The summed E-state index contributed by atoms with van der Waals surface area (Å²) in [5, 5.41) is 9.31. The molecule has 3 nitrogen and oxygen atoms in total. The minimum absolute atomic E-state index is 0.126. The van der Waals surface area contributed by atoms with Crippen molar-refractivity contribution < 1.29 is 5.11 Å². The van der Waals surface area contributed by atoms with Crippen molar-refractivity contribution in [3.8, 4) is 0 Å². The Kier molecular flexibility index (Phi) is 7.61. The van der Waals surface area contributed by atoms with Gasteiger partial charge in [0.1, 0.15) is 0 Å². The van der Waals surface area contributed by atoms with Crippen LogP contribution in [-0.4, -0.2) is 35.7 Å². The van der Waals surface area contributed by atoms with Gasteiger partial charge in [-0.05, 0) is 38.4 Å². The van der Waals surface area contributed by atoms with Crippen molar-refractivity contribution in [2.24, 2.45) is 5.73 Å². The molecule has 1 aromatic rings. The molecule has 0 spiro atoms. The highest BCUT2D eigenvalue weighted by Crippen LogP contribution is 2.30. The standard InChI is InChI=1S/C15H28N2OS/c1-4-6-9-17(10-11-18)15(13(16)5-2)14-8-7-12(3)19-14/h7-8,13,15,18H,4-6,9-11,16H2,1-3H3. The number of rotatable bonds is 9. The van der Waals surface area contributed by atoms with E-state index in [1.165, 1.54) is 16.2 Å². The Morgan fingerprint density at radius 2 is 2.05 bits per heavy atom. The van der Waals surface area contributed by atoms with E-state index < -0.39 is 0 Å². The van der Waals surface area contributed by atoms with Crippen molar-refractivity contribution in [2.75, 3.05) is 19.7 Å². The van der Waals surface area contributed by atoms with Crippen LogP contribution in [0, 0.1) is 6.92 Å². The summed E-state index contributed by atoms with van der Waals surface area (Å²) in [5.74, 6) is 0. The maximum atomic E-state index is 9.31. The molecule has 1 rings (SSSR count). The van der Waals surface area contributed by atoms with Gasteiger partial charge in [0.05, 0.1) is 12.6 Å². The second-order valence-corrected chi connectivity index (χ2v) is 6.40. The van der Waals surface area contributed by atoms with Crippen molar-refractivity contribution in [1.29, 1.82) is 0 Å². The Balaban J connectivity index is 2.91. The molecular formula is C15H28N2OS. The van der Waals surface area contributed by atoms with Crippen LogP contribution in [0.2, 0.25) is 0 Å². The molecule has 19 heavy (non-hydrogen) atoms. The van der Waals surface area contributed by atoms with Gasteiger partial charge < -0.3 is 10.8 Å². The molecule has 1 aromatic heterocycles. The topological polar surface area (TPSA) is 49.5 Å². The molecule has 3 N–H and O–H groups in total. The van der Waals surface area contributed by atoms with Crippen LogP contribution in [0.5, 0.6) is 0 Å². The van der Waals surface area contributed by atoms with E-state index in [0.717, 1.165) is 19.4 Å². The van der Waals surface area contributed by atoms with Crippen molar-refractivity contribution in [3.05, 3.63) is 21.9 Å². The Morgan fingerprint density at radius 1 is 1.32 bits per heavy atom. The predicted molar refractivity (Wildman–Crippen MR) is 83.6 cm³/mol. The first kappa shape index (κ1) is 16.6. The molecule has 2 unspecified atom stereocenters. The number of unbranched alkanes of at least 4 members (excludes halogenated alkanes) is 1. The molecule has 0 aliphatic heterocycles. The van der Waals surface area contributed by atoms with Gasteiger partial charge in [-0.25, -0.2) is 0 Å². The van der Waals surface area contributed by atoms with Crippen LogP contribution in [0.3, 0.4) is 0 Å². The van der Waals surface area contributed by atoms with E-state index in [-0.39, 0.29) is 18.7 Å². The van der Waals surface area contributed by atoms with Crippen LogP contribution in [0.25, 0.3) is 0 Å². The average molecular weight is 284 g/mol. The number of nitrogens with zero attached hydrogens (tertiary/aromatic N) is 1. The largest absolute Gasteiger partial charge is 0.395 e. The molecule has 1 heterocycles. The number of hydrogen-bond acceptors (Lipinski definition) is 4. The monoisotopic (exact) mass is 284 g/mol. The van der Waals surface area contributed by atoms with E-state index >= 15 is 0 Å². The molecule has 0 aliphatic carbocycles. The fourth-order valence-corrected chi connectivity index (χ4v) is 3.47. The smallest absolute Gasteiger partial charge is 0.0594 e. The highest BCUT2D eigenvalue weighted by molar-refractivity contribution is 7.12. The second-order valence-electron chi connectivity index (χ2n) is 5.08. The van der Waals surface area contributed by atoms with Crippen molar-refractivity contribution in [2.45, 2.75) is 52.1 Å². The molecule has 110 valence electrons. The van der Waals surface area contributed by atoms with Gasteiger partial charge in [0, 0.05) is 22.3 Å². The zero-order chi connectivity index (χ0) is 14.3. The number of aliphatic hydroxyl groups is 1. The van der Waals surface area contributed by atoms with Crippen molar-refractivity contribution in [3.63, 3.8) is 0 Å². The average Bonchev–Trinajstić information content (AvgIpc) is 2.82. The van der Waals surface area contributed by atoms with E-state index in [2.05, 4.69) is 37.8 Å². The number of nitrogens with two attached hydrogens (primary N) is 1. The van der Waals surface area contributed by atoms with Gasteiger partial charge in [-0.2, -0.15) is 0 Å². The van der Waals surface area contributed by atoms with Gasteiger partial charge in [0.15, 0.2) is 0 Å². The second kappa shape index (κ2) is 8.69. The SMILES string of the molecule is CCCCN(CCO)C(c1ccc(C)s1)C(N)CC. The summed E-state index contributed by atoms with van der Waals surface area (Å²) in [4.78, 5) is 5.00. The molecular weight excluding hydrogens is 256 g/mol. The molecule has 0 amide bonds. The minimum atomic E-state index is 0.126. The van der Waals surface area contributed by atoms with Crippen molar-refractivity contribution >= 4 is 11.3 Å². The van der Waals surface area contributed by atoms with Crippen LogP contribution in [0.1, 0.15) is 48.9 Å². The summed E-state index contributed by atoms with van der Waals surface area (Å²) < 4.78 is 0. The molecule has 0 radical (unpaired) electrons. The van der Waals surface area contributed by atoms with Crippen LogP contribution in [0.15, 0.2) is 12.1 Å². The Labute approximate surface area is 121 Å². The Hall–Kier alpha value is -0.420. The highest BCUT2D eigenvalue weighted by Gasteiger charge is 2.26. The summed E-state index contributed by atoms with van der Waals surface area (Å²) in [7, 11) is 0. The first-order chi connectivity index (χ1) is 9.13. The third kappa shape index (κ3) is 4.88. The molecule has 0 saturated carbocycles. The summed E-state index contributed by atoms with van der Waals surface area (Å²) >= 11 is 1.82. The minimum Gasteiger partial charge on any atom is -0.395 e. The quantitative estimate of drug-likeness (QED) is 0.733. The van der Waals surface area contributed by atoms with E-state index in [1.54, 1.807) is 0 Å². The van der Waals surface area contributed by atoms with Gasteiger partial charge in [-0.1, -0.05) is 20.3 Å². The zero-order valence-corrected chi connectivity index (χ0v) is 13.2. The van der Waals surface area contributed by atoms with Gasteiger partial charge in [0.2, 0.25) is 0 Å². The molecule has 0 saturated heterocycles. The molecule has 0 fully saturated rings. The van der Waals surface area contributed by atoms with Crippen molar-refractivity contribution in [1.82, 2.24) is 4.90 Å². The third-order valence-electron chi connectivity index (χ3n) is 3.51. The van der Waals surface area contributed by atoms with Crippen LogP contribution >= 0.6 is 11.3 Å². The number of aliphatic hydroxyl groups excluding tert-OH is 1. The fraction of sp³-hybridized carbons (Fsp3) is 0.733. The normalized spacial score (nSPS) is 14.8. The van der Waals surface area contributed by atoms with Gasteiger partial charge in [-0.15, -0.1) is 11.3 Å². The Bertz CT molecular complexity index is 354. The number of aryl methyl sites for hydroxylation is 1. The zero-order valence-electron chi connectivity index (χ0n) is 12.4. The molecule has 2 atom stereocenters. The van der Waals surface area contributed by atoms with Gasteiger partial charge in [-0.3, -0.25) is 4.90 Å². The van der Waals surface area contributed by atoms with E-state index in [1.807, 2.05) is 11.3 Å². The molecule has 0 bridgehead atoms. The van der Waals surface area contributed by atoms with Crippen LogP contribution in [0.4, 0.5) is 0 Å². The maximum absolute atomic E-state index is 9.31. The Morgan fingerprint density at radius 3 is 2.53 bits per heavy atom. The fourth-order valence-electron chi connectivity index (χ4n) is 2.38. The molecule has 0 aliphatic rings. The maximum Gasteiger partial charge on any atom is 0.0594 e. The summed E-state index contributed by atoms with van der Waals surface area (Å²) in [6.07, 6.45) is 3.27. The lowest BCUT2D eigenvalue weighted by molar-refractivity contribution is 0.132. The summed E-state index contributed by atoms with van der Waals surface area (Å²) in [6.45, 7) is 8.37. The van der Waals surface area contributed by atoms with Gasteiger partial charge >= 0.3 is 0 Å². The lowest BCUT2D eigenvalue weighted by Crippen LogP contribution is -2.42. The third-order valence-corrected chi connectivity index (χ3v) is 4.58. The van der Waals surface area contributed by atoms with E-state index in [0.29, 0.717) is 6.54 Å². The summed E-state index contributed by atoms with van der Waals surface area (Å²) in [5.41, 5.74) is 6.34. The lowest BCUT2D eigenvalue weighted by Gasteiger charge is -2.34. The first-order valence-electron chi connectivity index (χ1n) is 7.30.